The zero-order chi connectivity index (χ0) is 13.1. The summed E-state index contributed by atoms with van der Waals surface area (Å²) in [4.78, 5) is 11.5. The van der Waals surface area contributed by atoms with Gasteiger partial charge in [0, 0.05) is 19.2 Å². The maximum absolute atomic E-state index is 11.5. The van der Waals surface area contributed by atoms with Crippen molar-refractivity contribution in [2.75, 3.05) is 24.6 Å². The number of nitrogens with one attached hydrogen (secondary N) is 2. The topological polar surface area (TPSA) is 87.4 Å². The number of carbonyl (C=O) groups is 1. The fourth-order valence-electron chi connectivity index (χ4n) is 2.12. The first-order chi connectivity index (χ1) is 8.60. The molecule has 0 heterocycles. The van der Waals surface area contributed by atoms with E-state index >= 15 is 0 Å². The van der Waals surface area contributed by atoms with Gasteiger partial charge in [-0.25, -0.2) is 0 Å². The number of nitrogen functional groups attached to an aromatic ring is 1. The van der Waals surface area contributed by atoms with Gasteiger partial charge in [0.25, 0.3) is 5.91 Å². The van der Waals surface area contributed by atoms with Crippen LogP contribution in [0.2, 0.25) is 0 Å². The summed E-state index contributed by atoms with van der Waals surface area (Å²) in [6.07, 6.45) is 1.52. The fraction of sp³-hybridized carbons (Fsp3) is 0.462. The first-order valence-corrected chi connectivity index (χ1v) is 6.13. The van der Waals surface area contributed by atoms with Gasteiger partial charge in [0.15, 0.2) is 0 Å². The highest BCUT2D eigenvalue weighted by Crippen LogP contribution is 2.28. The molecular formula is C13H19N3O2. The van der Waals surface area contributed by atoms with E-state index in [1.807, 2.05) is 0 Å². The van der Waals surface area contributed by atoms with Gasteiger partial charge in [-0.15, -0.1) is 0 Å². The van der Waals surface area contributed by atoms with E-state index < -0.39 is 0 Å². The molecule has 0 bridgehead atoms. The third-order valence-corrected chi connectivity index (χ3v) is 3.33. The normalized spacial score (nSPS) is 22.1. The number of hydrogen-bond donors (Lipinski definition) is 4. The molecule has 0 atom stereocenters. The smallest absolute Gasteiger partial charge is 0.251 e. The molecular weight excluding hydrogens is 230 g/mol. The summed E-state index contributed by atoms with van der Waals surface area (Å²) < 4.78 is 0. The van der Waals surface area contributed by atoms with Crippen LogP contribution in [0.25, 0.3) is 0 Å². The van der Waals surface area contributed by atoms with Crippen LogP contribution < -0.4 is 16.4 Å². The number of rotatable bonds is 4. The number of amides is 1. The summed E-state index contributed by atoms with van der Waals surface area (Å²) in [5.74, 6) is 0.361. The van der Waals surface area contributed by atoms with Gasteiger partial charge in [0.05, 0.1) is 17.5 Å². The quantitative estimate of drug-likeness (QED) is 0.595. The lowest BCUT2D eigenvalue weighted by atomic mass is 9.82. The van der Waals surface area contributed by atoms with Gasteiger partial charge >= 0.3 is 0 Å². The average molecular weight is 249 g/mol. The molecule has 1 aromatic rings. The second-order valence-corrected chi connectivity index (χ2v) is 4.75. The third kappa shape index (κ3) is 2.73. The summed E-state index contributed by atoms with van der Waals surface area (Å²) in [6.45, 7) is 0.776. The number of nitrogens with two attached hydrogens (primary N) is 1. The van der Waals surface area contributed by atoms with Crippen molar-refractivity contribution in [2.24, 2.45) is 5.92 Å². The summed E-state index contributed by atoms with van der Waals surface area (Å²) in [6, 6.07) is 5.18. The van der Waals surface area contributed by atoms with Crippen molar-refractivity contribution in [3.05, 3.63) is 23.8 Å². The Morgan fingerprint density at radius 3 is 2.83 bits per heavy atom. The highest BCUT2D eigenvalue weighted by Gasteiger charge is 2.26. The standard InChI is InChI=1S/C13H19N3O2/c1-15-13(18)9-2-3-11(14)12(6-9)16-7-8-4-10(17)5-8/h2-3,6,8,10,16-17H,4-5,7,14H2,1H3,(H,15,18). The van der Waals surface area contributed by atoms with Crippen LogP contribution in [0.4, 0.5) is 11.4 Å². The van der Waals surface area contributed by atoms with Crippen molar-refractivity contribution in [1.29, 1.82) is 0 Å². The van der Waals surface area contributed by atoms with Crippen LogP contribution in [0, 0.1) is 5.92 Å². The van der Waals surface area contributed by atoms with Crippen molar-refractivity contribution in [3.8, 4) is 0 Å². The lowest BCUT2D eigenvalue weighted by Gasteiger charge is -2.31. The minimum absolute atomic E-state index is 0.128. The number of hydrogen-bond acceptors (Lipinski definition) is 4. The number of aliphatic hydroxyl groups excluding tert-OH is 1. The molecule has 2 rings (SSSR count). The van der Waals surface area contributed by atoms with Crippen LogP contribution >= 0.6 is 0 Å². The van der Waals surface area contributed by atoms with Crippen LogP contribution in [-0.2, 0) is 0 Å². The largest absolute Gasteiger partial charge is 0.397 e. The van der Waals surface area contributed by atoms with E-state index in [-0.39, 0.29) is 12.0 Å². The Balaban J connectivity index is 2.00. The molecule has 1 fully saturated rings. The van der Waals surface area contributed by atoms with Gasteiger partial charge in [-0.1, -0.05) is 0 Å². The molecule has 5 heteroatoms. The van der Waals surface area contributed by atoms with Gasteiger partial charge in [-0.3, -0.25) is 4.79 Å². The molecule has 0 aliphatic heterocycles. The van der Waals surface area contributed by atoms with Crippen molar-refractivity contribution >= 4 is 17.3 Å². The predicted octanol–water partition coefficient (Wildman–Crippen LogP) is 0.811. The Morgan fingerprint density at radius 2 is 2.22 bits per heavy atom. The molecule has 1 aromatic carbocycles. The molecule has 5 nitrogen and oxygen atoms in total. The molecule has 18 heavy (non-hydrogen) atoms. The first kappa shape index (κ1) is 12.7. The van der Waals surface area contributed by atoms with E-state index in [0.717, 1.165) is 25.1 Å². The molecule has 1 amide bonds. The van der Waals surface area contributed by atoms with E-state index in [2.05, 4.69) is 10.6 Å². The van der Waals surface area contributed by atoms with E-state index in [1.165, 1.54) is 0 Å². The second kappa shape index (κ2) is 5.27. The average Bonchev–Trinajstić information content (AvgIpc) is 2.34. The summed E-state index contributed by atoms with van der Waals surface area (Å²) >= 11 is 0. The number of benzene rings is 1. The molecule has 5 N–H and O–H groups in total. The zero-order valence-electron chi connectivity index (χ0n) is 10.4. The molecule has 0 aromatic heterocycles. The van der Waals surface area contributed by atoms with E-state index in [1.54, 1.807) is 25.2 Å². The van der Waals surface area contributed by atoms with Crippen LogP contribution in [0.1, 0.15) is 23.2 Å². The van der Waals surface area contributed by atoms with Gasteiger partial charge in [0.2, 0.25) is 0 Å². The van der Waals surface area contributed by atoms with Crippen molar-refractivity contribution in [3.63, 3.8) is 0 Å². The Hall–Kier alpha value is -1.75. The van der Waals surface area contributed by atoms with Crippen molar-refractivity contribution < 1.29 is 9.90 Å². The molecule has 0 saturated heterocycles. The summed E-state index contributed by atoms with van der Waals surface area (Å²) in [5, 5.41) is 15.0. The lowest BCUT2D eigenvalue weighted by molar-refractivity contribution is 0.0487. The number of aliphatic hydroxyl groups is 1. The molecule has 1 saturated carbocycles. The minimum Gasteiger partial charge on any atom is -0.397 e. The van der Waals surface area contributed by atoms with Gasteiger partial charge in [0.1, 0.15) is 0 Å². The van der Waals surface area contributed by atoms with E-state index in [0.29, 0.717) is 17.2 Å². The fourth-order valence-corrected chi connectivity index (χ4v) is 2.12. The van der Waals surface area contributed by atoms with E-state index in [9.17, 15) is 9.90 Å². The second-order valence-electron chi connectivity index (χ2n) is 4.75. The van der Waals surface area contributed by atoms with Gasteiger partial charge < -0.3 is 21.5 Å². The van der Waals surface area contributed by atoms with Gasteiger partial charge in [-0.2, -0.15) is 0 Å². The first-order valence-electron chi connectivity index (χ1n) is 6.13. The Labute approximate surface area is 106 Å². The third-order valence-electron chi connectivity index (χ3n) is 3.33. The molecule has 1 aliphatic rings. The minimum atomic E-state index is -0.147. The highest BCUT2D eigenvalue weighted by atomic mass is 16.3. The van der Waals surface area contributed by atoms with Crippen LogP contribution in [0.15, 0.2) is 18.2 Å². The molecule has 0 spiro atoms. The number of anilines is 2. The zero-order valence-corrected chi connectivity index (χ0v) is 10.4. The molecule has 1 aliphatic carbocycles. The summed E-state index contributed by atoms with van der Waals surface area (Å²) in [7, 11) is 1.60. The SMILES string of the molecule is CNC(=O)c1ccc(N)c(NCC2CC(O)C2)c1. The monoisotopic (exact) mass is 249 g/mol. The van der Waals surface area contributed by atoms with Gasteiger partial charge in [-0.05, 0) is 37.0 Å². The summed E-state index contributed by atoms with van der Waals surface area (Å²) in [5.41, 5.74) is 7.85. The number of carbonyl (C=O) groups excluding carboxylic acids is 1. The predicted molar refractivity (Wildman–Crippen MR) is 71.5 cm³/mol. The van der Waals surface area contributed by atoms with Crippen molar-refractivity contribution in [1.82, 2.24) is 5.32 Å². The Kier molecular flexibility index (Phi) is 3.72. The maximum atomic E-state index is 11.5. The highest BCUT2D eigenvalue weighted by molar-refractivity contribution is 5.96. The lowest BCUT2D eigenvalue weighted by Crippen LogP contribution is -2.33. The van der Waals surface area contributed by atoms with E-state index in [4.69, 9.17) is 5.73 Å². The Morgan fingerprint density at radius 1 is 1.50 bits per heavy atom. The van der Waals surface area contributed by atoms with Crippen LogP contribution in [0.3, 0.4) is 0 Å². The van der Waals surface area contributed by atoms with Crippen LogP contribution in [-0.4, -0.2) is 30.7 Å². The molecule has 98 valence electrons. The van der Waals surface area contributed by atoms with Crippen LogP contribution in [0.5, 0.6) is 0 Å². The maximum Gasteiger partial charge on any atom is 0.251 e. The molecule has 0 radical (unpaired) electrons. The van der Waals surface area contributed by atoms with Crippen molar-refractivity contribution in [2.45, 2.75) is 18.9 Å². The molecule has 0 unspecified atom stereocenters. The Bertz CT molecular complexity index is 442.